The summed E-state index contributed by atoms with van der Waals surface area (Å²) in [6.45, 7) is 4.18. The Hall–Kier alpha value is -2.86. The van der Waals surface area contributed by atoms with Crippen LogP contribution < -0.4 is 0 Å². The highest BCUT2D eigenvalue weighted by atomic mass is 16.3. The van der Waals surface area contributed by atoms with Gasteiger partial charge >= 0.3 is 0 Å². The predicted octanol–water partition coefficient (Wildman–Crippen LogP) is 3.02. The number of carbonyl (C=O) groups is 1. The maximum atomic E-state index is 12.8. The van der Waals surface area contributed by atoms with Crippen LogP contribution in [0, 0.1) is 0 Å². The fourth-order valence-electron chi connectivity index (χ4n) is 3.33. The maximum absolute atomic E-state index is 12.8. The van der Waals surface area contributed by atoms with Crippen molar-refractivity contribution in [1.82, 2.24) is 20.0 Å². The van der Waals surface area contributed by atoms with Crippen LogP contribution in [-0.4, -0.2) is 52.1 Å². The van der Waals surface area contributed by atoms with E-state index in [1.165, 1.54) is 5.56 Å². The molecule has 2 aromatic heterocycles. The Balaban J connectivity index is 1.40. The summed E-state index contributed by atoms with van der Waals surface area (Å²) in [4.78, 5) is 17.1. The monoisotopic (exact) mass is 350 g/mol. The number of rotatable bonds is 4. The Kier molecular flexibility index (Phi) is 4.84. The molecule has 1 saturated heterocycles. The van der Waals surface area contributed by atoms with Crippen molar-refractivity contribution < 1.29 is 9.21 Å². The molecule has 26 heavy (non-hydrogen) atoms. The second kappa shape index (κ2) is 7.58. The van der Waals surface area contributed by atoms with Gasteiger partial charge in [0, 0.05) is 43.9 Å². The Bertz CT molecular complexity index is 842. The number of carbonyl (C=O) groups excluding carboxylic acids is 1. The summed E-state index contributed by atoms with van der Waals surface area (Å²) in [5.74, 6) is 0.0184. The lowest BCUT2D eigenvalue weighted by Crippen LogP contribution is -2.35. The highest BCUT2D eigenvalue weighted by molar-refractivity contribution is 5.93. The molecule has 1 aliphatic rings. The van der Waals surface area contributed by atoms with Gasteiger partial charge in [0.05, 0.1) is 18.2 Å². The van der Waals surface area contributed by atoms with Gasteiger partial charge in [0.2, 0.25) is 0 Å². The minimum absolute atomic E-state index is 0.0184. The van der Waals surface area contributed by atoms with E-state index in [1.807, 2.05) is 47.4 Å². The summed E-state index contributed by atoms with van der Waals surface area (Å²) in [6, 6.07) is 13.7. The van der Waals surface area contributed by atoms with Gasteiger partial charge in [-0.05, 0) is 18.6 Å². The van der Waals surface area contributed by atoms with Crippen LogP contribution in [0.15, 0.2) is 59.4 Å². The summed E-state index contributed by atoms with van der Waals surface area (Å²) < 4.78 is 5.14. The topological polar surface area (TPSA) is 65.4 Å². The average molecular weight is 350 g/mol. The van der Waals surface area contributed by atoms with Gasteiger partial charge in [0.1, 0.15) is 5.69 Å². The number of benzene rings is 1. The first-order chi connectivity index (χ1) is 12.8. The smallest absolute Gasteiger partial charge is 0.271 e. The first-order valence-corrected chi connectivity index (χ1v) is 8.93. The number of H-pyrrole nitrogens is 1. The Morgan fingerprint density at radius 3 is 2.81 bits per heavy atom. The average Bonchev–Trinajstić information content (AvgIpc) is 3.31. The van der Waals surface area contributed by atoms with E-state index < -0.39 is 0 Å². The number of hydrogen-bond acceptors (Lipinski definition) is 4. The van der Waals surface area contributed by atoms with Crippen molar-refractivity contribution in [2.75, 3.05) is 26.2 Å². The Morgan fingerprint density at radius 2 is 2.00 bits per heavy atom. The highest BCUT2D eigenvalue weighted by Crippen LogP contribution is 2.18. The SMILES string of the molecule is O=C(c1cc(-c2ccccc2)n[nH]1)N1CCCN(Cc2ccoc2)CC1. The van der Waals surface area contributed by atoms with Gasteiger partial charge < -0.3 is 9.32 Å². The van der Waals surface area contributed by atoms with E-state index in [2.05, 4.69) is 15.1 Å². The van der Waals surface area contributed by atoms with Crippen molar-refractivity contribution in [1.29, 1.82) is 0 Å². The Morgan fingerprint density at radius 1 is 1.12 bits per heavy atom. The van der Waals surface area contributed by atoms with Crippen molar-refractivity contribution in [3.63, 3.8) is 0 Å². The molecule has 6 nitrogen and oxygen atoms in total. The molecule has 6 heteroatoms. The van der Waals surface area contributed by atoms with Crippen molar-refractivity contribution in [3.8, 4) is 11.3 Å². The Labute approximate surface area is 152 Å². The molecule has 1 aromatic carbocycles. The zero-order chi connectivity index (χ0) is 17.8. The molecular weight excluding hydrogens is 328 g/mol. The molecule has 1 amide bonds. The van der Waals surface area contributed by atoms with E-state index in [0.29, 0.717) is 5.69 Å². The summed E-state index contributed by atoms with van der Waals surface area (Å²) in [5, 5.41) is 7.20. The molecule has 1 aliphatic heterocycles. The lowest BCUT2D eigenvalue weighted by molar-refractivity contribution is 0.0755. The molecular formula is C20H22N4O2. The second-order valence-corrected chi connectivity index (χ2v) is 6.59. The van der Waals surface area contributed by atoms with Crippen molar-refractivity contribution in [2.45, 2.75) is 13.0 Å². The van der Waals surface area contributed by atoms with Gasteiger partial charge in [-0.2, -0.15) is 5.10 Å². The molecule has 0 spiro atoms. The normalized spacial score (nSPS) is 15.8. The van der Waals surface area contributed by atoms with Crippen LogP contribution in [0.25, 0.3) is 11.3 Å². The van der Waals surface area contributed by atoms with Crippen LogP contribution in [0.1, 0.15) is 22.5 Å². The molecule has 3 aromatic rings. The number of aromatic nitrogens is 2. The summed E-state index contributed by atoms with van der Waals surface area (Å²) in [5.41, 5.74) is 3.52. The quantitative estimate of drug-likeness (QED) is 0.785. The summed E-state index contributed by atoms with van der Waals surface area (Å²) >= 11 is 0. The minimum atomic E-state index is 0.0184. The summed E-state index contributed by atoms with van der Waals surface area (Å²) in [7, 11) is 0. The van der Waals surface area contributed by atoms with E-state index in [4.69, 9.17) is 4.42 Å². The maximum Gasteiger partial charge on any atom is 0.271 e. The van der Waals surface area contributed by atoms with Crippen molar-refractivity contribution in [3.05, 3.63) is 66.2 Å². The number of hydrogen-bond donors (Lipinski definition) is 1. The van der Waals surface area contributed by atoms with Gasteiger partial charge in [-0.15, -0.1) is 0 Å². The van der Waals surface area contributed by atoms with Crippen LogP contribution >= 0.6 is 0 Å². The molecule has 1 fully saturated rings. The van der Waals surface area contributed by atoms with Crippen LogP contribution in [-0.2, 0) is 6.54 Å². The van der Waals surface area contributed by atoms with Crippen molar-refractivity contribution >= 4 is 5.91 Å². The fraction of sp³-hybridized carbons (Fsp3) is 0.300. The molecule has 0 radical (unpaired) electrons. The number of nitrogens with zero attached hydrogens (tertiary/aromatic N) is 3. The largest absolute Gasteiger partial charge is 0.472 e. The third-order valence-electron chi connectivity index (χ3n) is 4.74. The fourth-order valence-corrected chi connectivity index (χ4v) is 3.33. The molecule has 1 N–H and O–H groups in total. The number of aromatic amines is 1. The predicted molar refractivity (Wildman–Crippen MR) is 98.5 cm³/mol. The molecule has 0 unspecified atom stereocenters. The lowest BCUT2D eigenvalue weighted by Gasteiger charge is -2.21. The first-order valence-electron chi connectivity index (χ1n) is 8.93. The zero-order valence-electron chi connectivity index (χ0n) is 14.6. The zero-order valence-corrected chi connectivity index (χ0v) is 14.6. The van der Waals surface area contributed by atoms with Crippen molar-refractivity contribution in [2.24, 2.45) is 0 Å². The van der Waals surface area contributed by atoms with Gasteiger partial charge in [-0.1, -0.05) is 30.3 Å². The molecule has 4 rings (SSSR count). The van der Waals surface area contributed by atoms with Gasteiger partial charge in [0.15, 0.2) is 0 Å². The minimum Gasteiger partial charge on any atom is -0.472 e. The van der Waals surface area contributed by atoms with Gasteiger partial charge in [-0.3, -0.25) is 14.8 Å². The van der Waals surface area contributed by atoms with E-state index in [-0.39, 0.29) is 5.91 Å². The molecule has 0 bridgehead atoms. The second-order valence-electron chi connectivity index (χ2n) is 6.59. The van der Waals surface area contributed by atoms with Crippen LogP contribution in [0.4, 0.5) is 0 Å². The molecule has 0 saturated carbocycles. The molecule has 3 heterocycles. The molecule has 0 atom stereocenters. The number of amides is 1. The van der Waals surface area contributed by atoms with E-state index in [1.54, 1.807) is 12.5 Å². The van der Waals surface area contributed by atoms with E-state index >= 15 is 0 Å². The number of nitrogens with one attached hydrogen (secondary N) is 1. The third-order valence-corrected chi connectivity index (χ3v) is 4.74. The van der Waals surface area contributed by atoms with Crippen LogP contribution in [0.5, 0.6) is 0 Å². The van der Waals surface area contributed by atoms with E-state index in [9.17, 15) is 4.79 Å². The van der Waals surface area contributed by atoms with Gasteiger partial charge in [-0.25, -0.2) is 0 Å². The van der Waals surface area contributed by atoms with E-state index in [0.717, 1.165) is 50.4 Å². The molecule has 134 valence electrons. The summed E-state index contributed by atoms with van der Waals surface area (Å²) in [6.07, 6.45) is 4.44. The standard InChI is InChI=1S/C20H22N4O2/c25-20(19-13-18(21-22-19)17-5-2-1-3-6-17)24-9-4-8-23(10-11-24)14-16-7-12-26-15-16/h1-3,5-7,12-13,15H,4,8-11,14H2,(H,21,22). The first kappa shape index (κ1) is 16.6. The van der Waals surface area contributed by atoms with Crippen LogP contribution in [0.2, 0.25) is 0 Å². The highest BCUT2D eigenvalue weighted by Gasteiger charge is 2.22. The number of furan rings is 1. The molecule has 0 aliphatic carbocycles. The lowest BCUT2D eigenvalue weighted by atomic mass is 10.1. The van der Waals surface area contributed by atoms with Gasteiger partial charge in [0.25, 0.3) is 5.91 Å². The third kappa shape index (κ3) is 3.70. The van der Waals surface area contributed by atoms with Crippen LogP contribution in [0.3, 0.4) is 0 Å².